The lowest BCUT2D eigenvalue weighted by Gasteiger charge is -2.40. The highest BCUT2D eigenvalue weighted by molar-refractivity contribution is 8.00. The van der Waals surface area contributed by atoms with Gasteiger partial charge in [0.1, 0.15) is 6.54 Å². The minimum absolute atomic E-state index is 0.0195. The number of fused-ring (bicyclic) bond motifs is 6. The van der Waals surface area contributed by atoms with E-state index >= 15 is 0 Å². The highest BCUT2D eigenvalue weighted by atomic mass is 32.2. The molecule has 2 fully saturated rings. The number of aryl methyl sites for hydroxylation is 1. The number of thiazole rings is 1. The smallest absolute Gasteiger partial charge is 0.308 e. The van der Waals surface area contributed by atoms with Crippen LogP contribution in [0.25, 0.3) is 0 Å². The molecule has 194 valence electrons. The van der Waals surface area contributed by atoms with Crippen LogP contribution in [0.15, 0.2) is 58.4 Å². The minimum atomic E-state index is -0.149. The quantitative estimate of drug-likeness (QED) is 0.384. The molecule has 2 aromatic carbocycles. The van der Waals surface area contributed by atoms with Gasteiger partial charge in [0.05, 0.1) is 5.03 Å². The first-order chi connectivity index (χ1) is 18.0. The number of hydrogen-bond acceptors (Lipinski definition) is 5. The summed E-state index contributed by atoms with van der Waals surface area (Å²) in [5.74, 6) is 2.11. The molecule has 3 aromatic rings. The van der Waals surface area contributed by atoms with Crippen molar-refractivity contribution >= 4 is 40.4 Å². The first-order valence-electron chi connectivity index (χ1n) is 13.6. The molecule has 0 saturated heterocycles. The Morgan fingerprint density at radius 2 is 1.84 bits per heavy atom. The van der Waals surface area contributed by atoms with Crippen LogP contribution in [0.3, 0.4) is 0 Å². The van der Waals surface area contributed by atoms with Crippen LogP contribution in [-0.4, -0.2) is 28.8 Å². The molecule has 2 aliphatic carbocycles. The van der Waals surface area contributed by atoms with E-state index in [1.807, 2.05) is 43.0 Å². The van der Waals surface area contributed by atoms with Gasteiger partial charge in [0.25, 0.3) is 0 Å². The largest absolute Gasteiger partial charge is 0.372 e. The van der Waals surface area contributed by atoms with Crippen LogP contribution in [-0.2, 0) is 11.3 Å². The number of amides is 1. The molecule has 5 nitrogen and oxygen atoms in total. The maximum Gasteiger partial charge on any atom is 0.308 e. The molecule has 2 bridgehead atoms. The molecule has 4 unspecified atom stereocenters. The molecule has 0 spiro atoms. The van der Waals surface area contributed by atoms with Gasteiger partial charge in [-0.15, -0.1) is 11.8 Å². The molecule has 2 saturated carbocycles. The summed E-state index contributed by atoms with van der Waals surface area (Å²) in [6, 6.07) is 16.9. The van der Waals surface area contributed by atoms with E-state index in [0.717, 1.165) is 41.2 Å². The Bertz CT molecular complexity index is 1360. The number of carbonyl (C=O) groups is 1. The van der Waals surface area contributed by atoms with Crippen molar-refractivity contribution in [3.05, 3.63) is 74.2 Å². The van der Waals surface area contributed by atoms with Gasteiger partial charge in [-0.2, -0.15) is 0 Å². The number of rotatable bonds is 7. The molecular formula is C30H35N3O2S2. The number of hydrogen-bond donors (Lipinski definition) is 1. The summed E-state index contributed by atoms with van der Waals surface area (Å²) < 4.78 is 1.75. The second-order valence-electron chi connectivity index (χ2n) is 10.8. The number of nitrogens with zero attached hydrogens (tertiary/aromatic N) is 2. The minimum Gasteiger partial charge on any atom is -0.372 e. The van der Waals surface area contributed by atoms with Gasteiger partial charge in [-0.25, -0.2) is 0 Å². The zero-order chi connectivity index (χ0) is 25.7. The van der Waals surface area contributed by atoms with Crippen molar-refractivity contribution < 1.29 is 4.79 Å². The second kappa shape index (κ2) is 9.99. The fraction of sp³-hybridized carbons (Fsp3) is 0.467. The van der Waals surface area contributed by atoms with Crippen LogP contribution in [0.4, 0.5) is 11.4 Å². The molecule has 5 atom stereocenters. The van der Waals surface area contributed by atoms with Crippen molar-refractivity contribution in [2.24, 2.45) is 17.8 Å². The highest BCUT2D eigenvalue weighted by Crippen LogP contribution is 2.64. The average Bonchev–Trinajstić information content (AvgIpc) is 3.58. The number of benzene rings is 2. The van der Waals surface area contributed by atoms with E-state index in [1.54, 1.807) is 4.57 Å². The monoisotopic (exact) mass is 533 g/mol. The number of thioether (sulfide) groups is 1. The molecule has 1 aliphatic heterocycles. The van der Waals surface area contributed by atoms with E-state index in [1.165, 1.54) is 46.7 Å². The zero-order valence-electron chi connectivity index (χ0n) is 21.8. The fourth-order valence-electron chi connectivity index (χ4n) is 7.01. The number of aromatic nitrogens is 1. The zero-order valence-corrected chi connectivity index (χ0v) is 23.4. The molecule has 3 aliphatic rings. The third-order valence-electron chi connectivity index (χ3n) is 8.68. The molecule has 37 heavy (non-hydrogen) atoms. The lowest BCUT2D eigenvalue weighted by atomic mass is 9.75. The van der Waals surface area contributed by atoms with Crippen molar-refractivity contribution in [2.45, 2.75) is 62.8 Å². The Morgan fingerprint density at radius 3 is 2.57 bits per heavy atom. The third-order valence-corrected chi connectivity index (χ3v) is 11.5. The standard InChI is InChI=1S/C30H35N3O2S2/c1-4-32(5-2)23-13-11-19(12-14-23)25-26-20-9-10-21(16-20)27(26)36-29-28(25)37-30(35)33(29)17-24(34)31-22-8-6-7-18(3)15-22/h6-8,11-15,20-21,25-27H,4-5,9-10,16-17H2,1-3H3,(H,31,34)/t20?,21?,25-,26?,27?/m1/s1. The molecule has 1 aromatic heterocycles. The molecular weight excluding hydrogens is 498 g/mol. The first kappa shape index (κ1) is 24.8. The van der Waals surface area contributed by atoms with Crippen molar-refractivity contribution in [3.8, 4) is 0 Å². The van der Waals surface area contributed by atoms with Gasteiger partial charge < -0.3 is 10.2 Å². The number of anilines is 2. The van der Waals surface area contributed by atoms with Crippen LogP contribution in [0.1, 0.15) is 55.0 Å². The van der Waals surface area contributed by atoms with Crippen molar-refractivity contribution in [1.82, 2.24) is 4.57 Å². The topological polar surface area (TPSA) is 54.3 Å². The van der Waals surface area contributed by atoms with Gasteiger partial charge in [-0.1, -0.05) is 35.6 Å². The van der Waals surface area contributed by atoms with Gasteiger partial charge in [-0.05, 0) is 93.2 Å². The van der Waals surface area contributed by atoms with Crippen molar-refractivity contribution in [2.75, 3.05) is 23.3 Å². The van der Waals surface area contributed by atoms with Gasteiger partial charge in [0.2, 0.25) is 5.91 Å². The molecule has 0 radical (unpaired) electrons. The van der Waals surface area contributed by atoms with Gasteiger partial charge in [0, 0.05) is 40.5 Å². The number of carbonyl (C=O) groups excluding carboxylic acids is 1. The molecule has 1 N–H and O–H groups in total. The Morgan fingerprint density at radius 1 is 1.08 bits per heavy atom. The normalized spacial score (nSPS) is 25.5. The summed E-state index contributed by atoms with van der Waals surface area (Å²) in [5, 5.41) is 4.55. The highest BCUT2D eigenvalue weighted by Gasteiger charge is 2.55. The maximum atomic E-state index is 13.3. The third kappa shape index (κ3) is 4.44. The summed E-state index contributed by atoms with van der Waals surface area (Å²) in [7, 11) is 0. The Labute approximate surface area is 227 Å². The summed E-state index contributed by atoms with van der Waals surface area (Å²) in [4.78, 5) is 29.9. The predicted molar refractivity (Wildman–Crippen MR) is 154 cm³/mol. The van der Waals surface area contributed by atoms with E-state index in [9.17, 15) is 9.59 Å². The van der Waals surface area contributed by atoms with E-state index < -0.39 is 0 Å². The Hall–Kier alpha value is -2.51. The molecule has 1 amide bonds. The van der Waals surface area contributed by atoms with E-state index in [4.69, 9.17) is 0 Å². The molecule has 7 heteroatoms. The summed E-state index contributed by atoms with van der Waals surface area (Å²) >= 11 is 3.25. The van der Waals surface area contributed by atoms with Crippen LogP contribution < -0.4 is 15.1 Å². The first-order valence-corrected chi connectivity index (χ1v) is 15.3. The Balaban J connectivity index is 1.35. The van der Waals surface area contributed by atoms with Crippen LogP contribution in [0.5, 0.6) is 0 Å². The summed E-state index contributed by atoms with van der Waals surface area (Å²) in [5.41, 5.74) is 4.43. The van der Waals surface area contributed by atoms with Crippen molar-refractivity contribution in [1.29, 1.82) is 0 Å². The predicted octanol–water partition coefficient (Wildman–Crippen LogP) is 6.36. The van der Waals surface area contributed by atoms with Crippen molar-refractivity contribution in [3.63, 3.8) is 0 Å². The second-order valence-corrected chi connectivity index (χ2v) is 12.9. The molecule has 6 rings (SSSR count). The number of nitrogens with one attached hydrogen (secondary N) is 1. The lowest BCUT2D eigenvalue weighted by molar-refractivity contribution is -0.116. The summed E-state index contributed by atoms with van der Waals surface area (Å²) in [6.07, 6.45) is 3.91. The van der Waals surface area contributed by atoms with Gasteiger partial charge >= 0.3 is 4.87 Å². The van der Waals surface area contributed by atoms with E-state index in [0.29, 0.717) is 11.2 Å². The van der Waals surface area contributed by atoms with E-state index in [2.05, 4.69) is 48.3 Å². The molecule has 2 heterocycles. The van der Waals surface area contributed by atoms with Crippen LogP contribution >= 0.6 is 23.1 Å². The van der Waals surface area contributed by atoms with Crippen LogP contribution in [0.2, 0.25) is 0 Å². The van der Waals surface area contributed by atoms with Gasteiger partial charge in [-0.3, -0.25) is 14.2 Å². The van der Waals surface area contributed by atoms with Gasteiger partial charge in [0.15, 0.2) is 0 Å². The lowest BCUT2D eigenvalue weighted by Crippen LogP contribution is -2.35. The summed E-state index contributed by atoms with van der Waals surface area (Å²) in [6.45, 7) is 8.43. The fourth-order valence-corrected chi connectivity index (χ4v) is 10.2. The Kier molecular flexibility index (Phi) is 6.70. The SMILES string of the molecule is CCN(CC)c1ccc([C@H]2c3sc(=O)n(CC(=O)Nc4cccc(C)c4)c3SC3C4CCC(C4)C32)cc1. The van der Waals surface area contributed by atoms with Crippen LogP contribution in [0, 0.1) is 24.7 Å². The van der Waals surface area contributed by atoms with E-state index in [-0.39, 0.29) is 23.2 Å². The average molecular weight is 534 g/mol. The maximum absolute atomic E-state index is 13.3.